The molecule has 0 aromatic heterocycles. The van der Waals surface area contributed by atoms with Gasteiger partial charge in [0.2, 0.25) is 0 Å². The van der Waals surface area contributed by atoms with Gasteiger partial charge in [-0.1, -0.05) is 129 Å². The lowest BCUT2D eigenvalue weighted by Crippen LogP contribution is -1.90. The highest BCUT2D eigenvalue weighted by Gasteiger charge is 2.26. The Morgan fingerprint density at radius 1 is 0.482 bits per heavy atom. The van der Waals surface area contributed by atoms with Crippen molar-refractivity contribution in [3.63, 3.8) is 0 Å². The van der Waals surface area contributed by atoms with E-state index in [0.717, 1.165) is 50.7 Å². The Kier molecular flexibility index (Phi) is 17.3. The van der Waals surface area contributed by atoms with Gasteiger partial charge in [-0.2, -0.15) is 0 Å². The van der Waals surface area contributed by atoms with Crippen molar-refractivity contribution in [2.45, 2.75) is 116 Å². The summed E-state index contributed by atoms with van der Waals surface area (Å²) in [6, 6.07) is 37.9. The minimum Gasteiger partial charge on any atom is -0.115 e. The summed E-state index contributed by atoms with van der Waals surface area (Å²) in [6.07, 6.45) is 21.2. The average molecular weight is 776 g/mol. The highest BCUT2D eigenvalue weighted by atomic mass is 35.5. The van der Waals surface area contributed by atoms with E-state index in [-0.39, 0.29) is 0 Å². The van der Waals surface area contributed by atoms with Gasteiger partial charge in [-0.15, -0.1) is 6.42 Å². The van der Waals surface area contributed by atoms with Crippen LogP contribution in [0.4, 0.5) is 0 Å². The molecule has 7 rings (SSSR count). The van der Waals surface area contributed by atoms with Gasteiger partial charge in [-0.3, -0.25) is 0 Å². The predicted octanol–water partition coefficient (Wildman–Crippen LogP) is 14.9. The lowest BCUT2D eigenvalue weighted by Gasteiger charge is -2.04. The molecule has 0 unspecified atom stereocenters. The lowest BCUT2D eigenvalue weighted by molar-refractivity contribution is 0.795. The molecule has 0 nitrogen and oxygen atoms in total. The van der Waals surface area contributed by atoms with Crippen molar-refractivity contribution >= 4 is 23.2 Å². The van der Waals surface area contributed by atoms with Gasteiger partial charge >= 0.3 is 0 Å². The summed E-state index contributed by atoms with van der Waals surface area (Å²) in [5, 5.41) is 1.65. The molecule has 0 N–H and O–H groups in total. The average Bonchev–Trinajstić information content (AvgIpc) is 4.18. The summed E-state index contributed by atoms with van der Waals surface area (Å²) >= 11 is 11.8. The smallest absolute Gasteiger partial charge is 0.0441 e. The molecular formula is C54H56Cl2. The number of rotatable bonds is 11. The van der Waals surface area contributed by atoms with Crippen molar-refractivity contribution in [2.24, 2.45) is 0 Å². The van der Waals surface area contributed by atoms with Crippen molar-refractivity contribution in [1.82, 2.24) is 0 Å². The minimum atomic E-state index is 0.644. The molecule has 0 atom stereocenters. The molecule has 0 radical (unpaired) electrons. The van der Waals surface area contributed by atoms with Crippen LogP contribution in [0, 0.1) is 36.0 Å². The fraction of sp³-hybridized carbons (Fsp3) is 0.333. The summed E-state index contributed by atoms with van der Waals surface area (Å²) in [7, 11) is 0. The predicted molar refractivity (Wildman–Crippen MR) is 242 cm³/mol. The largest absolute Gasteiger partial charge is 0.115 e. The topological polar surface area (TPSA) is 0 Å². The summed E-state index contributed by atoms with van der Waals surface area (Å²) in [4.78, 5) is 0. The van der Waals surface area contributed by atoms with E-state index >= 15 is 0 Å². The van der Waals surface area contributed by atoms with Gasteiger partial charge in [0.15, 0.2) is 0 Å². The van der Waals surface area contributed by atoms with E-state index in [1.165, 1.54) is 98.4 Å². The van der Waals surface area contributed by atoms with Gasteiger partial charge in [0, 0.05) is 37.9 Å². The molecule has 2 aliphatic rings. The summed E-state index contributed by atoms with van der Waals surface area (Å²) in [5.41, 5.74) is 12.1. The molecule has 2 fully saturated rings. The van der Waals surface area contributed by atoms with Gasteiger partial charge in [0.25, 0.3) is 0 Å². The van der Waals surface area contributed by atoms with Crippen molar-refractivity contribution < 1.29 is 0 Å². The van der Waals surface area contributed by atoms with Crippen LogP contribution in [0.3, 0.4) is 0 Å². The van der Waals surface area contributed by atoms with Crippen LogP contribution >= 0.6 is 23.2 Å². The van der Waals surface area contributed by atoms with Crippen LogP contribution in [0.2, 0.25) is 10.0 Å². The molecule has 2 saturated carbocycles. The van der Waals surface area contributed by atoms with E-state index < -0.39 is 0 Å². The Morgan fingerprint density at radius 2 is 0.911 bits per heavy atom. The Morgan fingerprint density at radius 3 is 1.38 bits per heavy atom. The minimum absolute atomic E-state index is 0.644. The van der Waals surface area contributed by atoms with Gasteiger partial charge in [-0.05, 0) is 177 Å². The van der Waals surface area contributed by atoms with Crippen LogP contribution in [0.1, 0.15) is 152 Å². The third kappa shape index (κ3) is 14.5. The molecule has 5 aromatic rings. The van der Waals surface area contributed by atoms with E-state index in [1.54, 1.807) is 0 Å². The second kappa shape index (κ2) is 22.8. The maximum atomic E-state index is 5.97. The first kappa shape index (κ1) is 42.5. The van der Waals surface area contributed by atoms with Crippen LogP contribution in [0.5, 0.6) is 0 Å². The Balaban J connectivity index is 0.000000210. The molecule has 2 aliphatic carbocycles. The van der Waals surface area contributed by atoms with Gasteiger partial charge in [-0.25, -0.2) is 0 Å². The molecule has 0 heterocycles. The van der Waals surface area contributed by atoms with Crippen LogP contribution in [0.25, 0.3) is 0 Å². The third-order valence-electron chi connectivity index (χ3n) is 10.2. The van der Waals surface area contributed by atoms with Gasteiger partial charge in [0.05, 0.1) is 0 Å². The van der Waals surface area contributed by atoms with Crippen LogP contribution in [-0.4, -0.2) is 0 Å². The zero-order valence-electron chi connectivity index (χ0n) is 33.6. The first-order chi connectivity index (χ1) is 27.4. The maximum Gasteiger partial charge on any atom is 0.0441 e. The standard InChI is InChI=1S/C33H34.C12H14.C9H8Cl2/c1-3-5-7-26-9-13-28(14-10-26)17-18-30-20-22-31(33(25-30)32-23-24-32)21-19-29-15-11-27(12-16-29)8-6-4-2;1-3-5-6-12-9-7-11(4-2)8-10-12;10-7-3-4-9(11)8(5-7)6-1-2-6/h9-16,20,22,25,32H,3-8,23-24H2,1-2H3;2,7-10H,3,5-6H2,1H3;3-6H,1-2H2. The van der Waals surface area contributed by atoms with Crippen LogP contribution in [0.15, 0.2) is 109 Å². The monoisotopic (exact) mass is 774 g/mol. The first-order valence-electron chi connectivity index (χ1n) is 20.7. The number of benzene rings is 5. The Hall–Kier alpha value is -4.64. The van der Waals surface area contributed by atoms with Crippen molar-refractivity contribution in [3.8, 4) is 36.0 Å². The highest BCUT2D eigenvalue weighted by molar-refractivity contribution is 6.33. The SMILES string of the molecule is C#Cc1ccc(CCCC)cc1.CCCCc1ccc(C#Cc2ccc(C#Cc3ccc(CCCC)cc3)c(C3CC3)c2)cc1.Clc1ccc(Cl)c(C2CC2)c1. The van der Waals surface area contributed by atoms with Crippen LogP contribution in [-0.2, 0) is 19.3 Å². The quantitative estimate of drug-likeness (QED) is 0.117. The Labute approximate surface area is 348 Å². The fourth-order valence-corrected chi connectivity index (χ4v) is 6.86. The van der Waals surface area contributed by atoms with E-state index in [1.807, 2.05) is 30.3 Å². The number of terminal acetylenes is 1. The number of unbranched alkanes of at least 4 members (excludes halogenated alkanes) is 3. The molecule has 0 aliphatic heterocycles. The molecule has 2 heteroatoms. The third-order valence-corrected chi connectivity index (χ3v) is 10.8. The van der Waals surface area contributed by atoms with E-state index in [4.69, 9.17) is 29.6 Å². The van der Waals surface area contributed by atoms with Crippen molar-refractivity contribution in [2.75, 3.05) is 0 Å². The Bertz CT molecular complexity index is 2130. The second-order valence-electron chi connectivity index (χ2n) is 15.1. The molecule has 56 heavy (non-hydrogen) atoms. The van der Waals surface area contributed by atoms with E-state index in [2.05, 4.69) is 129 Å². The highest BCUT2D eigenvalue weighted by Crippen LogP contribution is 2.44. The molecule has 0 amide bonds. The summed E-state index contributed by atoms with van der Waals surface area (Å²) in [6.45, 7) is 6.67. The van der Waals surface area contributed by atoms with Crippen molar-refractivity contribution in [3.05, 3.63) is 175 Å². The number of hydrogen-bond acceptors (Lipinski definition) is 0. The summed E-state index contributed by atoms with van der Waals surface area (Å²) in [5.74, 6) is 17.5. The lowest BCUT2D eigenvalue weighted by atomic mass is 9.99. The normalized spacial score (nSPS) is 12.6. The van der Waals surface area contributed by atoms with E-state index in [0.29, 0.717) is 11.8 Å². The van der Waals surface area contributed by atoms with Crippen LogP contribution < -0.4 is 0 Å². The number of aryl methyl sites for hydroxylation is 3. The first-order valence-corrected chi connectivity index (χ1v) is 21.5. The number of halogens is 2. The maximum absolute atomic E-state index is 5.97. The van der Waals surface area contributed by atoms with Gasteiger partial charge in [0.1, 0.15) is 0 Å². The molecular weight excluding hydrogens is 720 g/mol. The second-order valence-corrected chi connectivity index (χ2v) is 15.9. The molecule has 0 spiro atoms. The van der Waals surface area contributed by atoms with Crippen molar-refractivity contribution in [1.29, 1.82) is 0 Å². The molecule has 286 valence electrons. The molecule has 5 aromatic carbocycles. The zero-order chi connectivity index (χ0) is 39.5. The zero-order valence-corrected chi connectivity index (χ0v) is 35.1. The fourth-order valence-electron chi connectivity index (χ4n) is 6.41. The van der Waals surface area contributed by atoms with E-state index in [9.17, 15) is 0 Å². The van der Waals surface area contributed by atoms with Gasteiger partial charge < -0.3 is 0 Å². The summed E-state index contributed by atoms with van der Waals surface area (Å²) < 4.78 is 0. The number of hydrogen-bond donors (Lipinski definition) is 0. The molecule has 0 bridgehead atoms. The molecule has 0 saturated heterocycles.